The van der Waals surface area contributed by atoms with Gasteiger partial charge in [-0.2, -0.15) is 5.10 Å². The molecule has 1 fully saturated rings. The molecule has 1 N–H and O–H groups in total. The van der Waals surface area contributed by atoms with Gasteiger partial charge in [0.2, 0.25) is 0 Å². The Morgan fingerprint density at radius 2 is 2.16 bits per heavy atom. The van der Waals surface area contributed by atoms with Crippen LogP contribution in [0, 0.1) is 18.8 Å². The van der Waals surface area contributed by atoms with Crippen molar-refractivity contribution in [3.8, 4) is 6.57 Å². The Kier molecular flexibility index (Phi) is 3.95. The van der Waals surface area contributed by atoms with Gasteiger partial charge in [-0.1, -0.05) is 0 Å². The molecular formula is C13H18N6. The van der Waals surface area contributed by atoms with Crippen LogP contribution >= 0.6 is 0 Å². The molecule has 1 aliphatic rings. The normalized spacial score (nSPS) is 18.9. The predicted molar refractivity (Wildman–Crippen MR) is 73.7 cm³/mol. The molecule has 1 aliphatic heterocycles. The van der Waals surface area contributed by atoms with Crippen LogP contribution in [0.15, 0.2) is 6.20 Å². The third-order valence-electron chi connectivity index (χ3n) is 3.48. The van der Waals surface area contributed by atoms with Crippen molar-refractivity contribution >= 4 is 16.9 Å². The first kappa shape index (κ1) is 13.3. The first-order valence-electron chi connectivity index (χ1n) is 6.46. The number of hydrogen-bond donors (Lipinski definition) is 1. The maximum atomic E-state index is 6.50. The molecule has 2 aromatic rings. The summed E-state index contributed by atoms with van der Waals surface area (Å²) in [5, 5.41) is 14.5. The first-order valence-corrected chi connectivity index (χ1v) is 6.46. The van der Waals surface area contributed by atoms with Crippen molar-refractivity contribution in [1.29, 1.82) is 5.26 Å². The van der Waals surface area contributed by atoms with Crippen LogP contribution in [-0.2, 0) is 0 Å². The highest BCUT2D eigenvalue weighted by atomic mass is 15.2. The molecule has 3 heterocycles. The van der Waals surface area contributed by atoms with Crippen molar-refractivity contribution in [2.75, 3.05) is 11.4 Å². The molecule has 0 radical (unpaired) electrons. The molecule has 3 rings (SSSR count). The second-order valence-electron chi connectivity index (χ2n) is 4.76. The van der Waals surface area contributed by atoms with E-state index in [9.17, 15) is 0 Å². The Hall–Kier alpha value is -2.16. The monoisotopic (exact) mass is 258 g/mol. The Balaban J connectivity index is 0.000000637. The molecule has 1 saturated heterocycles. The summed E-state index contributed by atoms with van der Waals surface area (Å²) in [5.41, 5.74) is 0.838. The number of hydrogen-bond acceptors (Lipinski definition) is 5. The Morgan fingerprint density at radius 3 is 2.89 bits per heavy atom. The van der Waals surface area contributed by atoms with Gasteiger partial charge >= 0.3 is 0 Å². The maximum Gasteiger partial charge on any atom is 0.161 e. The summed E-state index contributed by atoms with van der Waals surface area (Å²) >= 11 is 0. The number of fused-ring (bicyclic) bond motifs is 1. The minimum Gasteiger partial charge on any atom is -0.353 e. The number of piperidine rings is 1. The average molecular weight is 258 g/mol. The van der Waals surface area contributed by atoms with E-state index in [4.69, 9.17) is 5.26 Å². The van der Waals surface area contributed by atoms with Crippen molar-refractivity contribution in [1.82, 2.24) is 20.2 Å². The number of H-pyrrole nitrogens is 1. The lowest BCUT2D eigenvalue weighted by molar-refractivity contribution is 0.482. The second-order valence-corrected chi connectivity index (χ2v) is 4.76. The number of aryl methyl sites for hydroxylation is 1. The number of nitrogens with zero attached hydrogens (tertiary/aromatic N) is 5. The summed E-state index contributed by atoms with van der Waals surface area (Å²) in [6.07, 6.45) is 5.62. The van der Waals surface area contributed by atoms with Crippen LogP contribution in [0.4, 0.5) is 5.82 Å². The van der Waals surface area contributed by atoms with Gasteiger partial charge in [-0.3, -0.25) is 5.10 Å². The van der Waals surface area contributed by atoms with Crippen molar-refractivity contribution in [2.45, 2.75) is 39.2 Å². The fourth-order valence-electron chi connectivity index (χ4n) is 2.56. The molecule has 2 aromatic heterocycles. The highest BCUT2D eigenvalue weighted by Crippen LogP contribution is 2.28. The molecule has 1 unspecified atom stereocenters. The van der Waals surface area contributed by atoms with E-state index >= 15 is 0 Å². The van der Waals surface area contributed by atoms with E-state index in [0.717, 1.165) is 29.2 Å². The summed E-state index contributed by atoms with van der Waals surface area (Å²) in [6.45, 7) is 8.78. The van der Waals surface area contributed by atoms with E-state index in [1.54, 1.807) is 0 Å². The first-order chi connectivity index (χ1) is 9.25. The second kappa shape index (κ2) is 5.65. The van der Waals surface area contributed by atoms with E-state index in [2.05, 4.69) is 38.6 Å². The van der Waals surface area contributed by atoms with E-state index in [-0.39, 0.29) is 0 Å². The number of aromatic nitrogens is 4. The molecule has 0 saturated carbocycles. The maximum absolute atomic E-state index is 6.50. The summed E-state index contributed by atoms with van der Waals surface area (Å²) in [6, 6.07) is 0.552. The van der Waals surface area contributed by atoms with E-state index in [0.29, 0.717) is 6.04 Å². The molecule has 100 valence electrons. The standard InChI is InChI=1S/C12H17N5.CHN/c1-8-5-3-4-6-17(8)12-10-7-13-16-11(10)14-9(2)15-12;1-2/h7-8H,3-6H2,1-2H3,(H,13,14,15,16);1H. The molecule has 1 atom stereocenters. The van der Waals surface area contributed by atoms with E-state index < -0.39 is 0 Å². The van der Waals surface area contributed by atoms with Gasteiger partial charge in [0.25, 0.3) is 0 Å². The number of aromatic amines is 1. The van der Waals surface area contributed by atoms with Crippen LogP contribution in [0.5, 0.6) is 0 Å². The highest BCUT2D eigenvalue weighted by Gasteiger charge is 2.22. The number of nitrogens with one attached hydrogen (secondary N) is 1. The number of rotatable bonds is 1. The fraction of sp³-hybridized carbons (Fsp3) is 0.538. The molecule has 0 aliphatic carbocycles. The van der Waals surface area contributed by atoms with Gasteiger partial charge in [-0.05, 0) is 33.1 Å². The molecule has 0 aromatic carbocycles. The molecule has 0 bridgehead atoms. The van der Waals surface area contributed by atoms with Crippen LogP contribution in [0.25, 0.3) is 11.0 Å². The van der Waals surface area contributed by atoms with Crippen LogP contribution in [0.3, 0.4) is 0 Å². The van der Waals surface area contributed by atoms with Crippen molar-refractivity contribution in [3.05, 3.63) is 12.0 Å². The topological polar surface area (TPSA) is 81.5 Å². The lowest BCUT2D eigenvalue weighted by Crippen LogP contribution is -2.38. The molecule has 0 spiro atoms. The van der Waals surface area contributed by atoms with Crippen molar-refractivity contribution < 1.29 is 0 Å². The van der Waals surface area contributed by atoms with Gasteiger partial charge in [-0.25, -0.2) is 15.2 Å². The minimum absolute atomic E-state index is 0.552. The summed E-state index contributed by atoms with van der Waals surface area (Å²) in [4.78, 5) is 11.3. The lowest BCUT2D eigenvalue weighted by Gasteiger charge is -2.34. The fourth-order valence-corrected chi connectivity index (χ4v) is 2.56. The van der Waals surface area contributed by atoms with Crippen molar-refractivity contribution in [2.24, 2.45) is 0 Å². The minimum atomic E-state index is 0.552. The quantitative estimate of drug-likeness (QED) is 0.847. The van der Waals surface area contributed by atoms with Gasteiger partial charge in [-0.15, -0.1) is 0 Å². The van der Waals surface area contributed by atoms with Crippen LogP contribution < -0.4 is 4.90 Å². The summed E-state index contributed by atoms with van der Waals surface area (Å²) in [5.74, 6) is 1.84. The third kappa shape index (κ3) is 2.50. The Labute approximate surface area is 112 Å². The number of nitriles is 1. The predicted octanol–water partition coefficient (Wildman–Crippen LogP) is 2.18. The summed E-state index contributed by atoms with van der Waals surface area (Å²) < 4.78 is 0. The highest BCUT2D eigenvalue weighted by molar-refractivity contribution is 5.86. The van der Waals surface area contributed by atoms with Crippen LogP contribution in [-0.4, -0.2) is 32.8 Å². The van der Waals surface area contributed by atoms with Gasteiger partial charge in [0.05, 0.1) is 11.6 Å². The van der Waals surface area contributed by atoms with Crippen LogP contribution in [0.1, 0.15) is 32.0 Å². The van der Waals surface area contributed by atoms with Crippen molar-refractivity contribution in [3.63, 3.8) is 0 Å². The SMILES string of the molecule is C#N.Cc1nc(N2CCCCC2C)c2cn[nH]c2n1. The van der Waals surface area contributed by atoms with Gasteiger partial charge in [0, 0.05) is 19.2 Å². The van der Waals surface area contributed by atoms with Crippen LogP contribution in [0.2, 0.25) is 0 Å². The largest absolute Gasteiger partial charge is 0.353 e. The van der Waals surface area contributed by atoms with E-state index in [1.165, 1.54) is 19.3 Å². The molecule has 0 amide bonds. The zero-order chi connectivity index (χ0) is 13.8. The van der Waals surface area contributed by atoms with E-state index in [1.807, 2.05) is 13.1 Å². The summed E-state index contributed by atoms with van der Waals surface area (Å²) in [7, 11) is 0. The third-order valence-corrected chi connectivity index (χ3v) is 3.48. The molecule has 6 heteroatoms. The van der Waals surface area contributed by atoms with Gasteiger partial charge in [0.15, 0.2) is 5.65 Å². The lowest BCUT2D eigenvalue weighted by atomic mass is 10.0. The zero-order valence-corrected chi connectivity index (χ0v) is 11.3. The van der Waals surface area contributed by atoms with Gasteiger partial charge in [0.1, 0.15) is 11.6 Å². The molecular weight excluding hydrogens is 240 g/mol. The zero-order valence-electron chi connectivity index (χ0n) is 11.3. The smallest absolute Gasteiger partial charge is 0.161 e. The average Bonchev–Trinajstić information content (AvgIpc) is 2.89. The Morgan fingerprint density at radius 1 is 1.37 bits per heavy atom. The molecule has 19 heavy (non-hydrogen) atoms. The molecule has 6 nitrogen and oxygen atoms in total. The van der Waals surface area contributed by atoms with Gasteiger partial charge < -0.3 is 4.90 Å². The Bertz CT molecular complexity index is 573. The number of anilines is 1.